The fourth-order valence-electron chi connectivity index (χ4n) is 2.51. The van der Waals surface area contributed by atoms with Crippen LogP contribution in [0.1, 0.15) is 29.8 Å². The predicted molar refractivity (Wildman–Crippen MR) is 58.6 cm³/mol. The number of hydrogen-bond donors (Lipinski definition) is 1. The molecule has 0 unspecified atom stereocenters. The van der Waals surface area contributed by atoms with Gasteiger partial charge in [-0.3, -0.25) is 4.79 Å². The van der Waals surface area contributed by atoms with E-state index in [1.807, 2.05) is 6.07 Å². The Hall–Kier alpha value is -1.42. The van der Waals surface area contributed by atoms with Crippen LogP contribution < -0.4 is 10.1 Å². The molecule has 1 fully saturated rings. The lowest BCUT2D eigenvalue weighted by molar-refractivity contribution is 0.0224. The smallest absolute Gasteiger partial charge is 0.189 e. The molecule has 1 aromatic rings. The molecule has 0 radical (unpaired) electrons. The molecular weight excluding hydrogens is 204 g/mol. The Bertz CT molecular complexity index is 425. The van der Waals surface area contributed by atoms with Gasteiger partial charge in [-0.2, -0.15) is 0 Å². The molecule has 0 amide bonds. The predicted octanol–water partition coefficient (Wildman–Crippen LogP) is 1.17. The average Bonchev–Trinajstić information content (AvgIpc) is 2.30. The summed E-state index contributed by atoms with van der Waals surface area (Å²) in [6, 6.07) is 3.64. The number of nitrogens with zero attached hydrogens (tertiary/aromatic N) is 1. The number of carbonyl (C=O) groups is 1. The molecule has 1 spiro atoms. The molecule has 3 heterocycles. The summed E-state index contributed by atoms with van der Waals surface area (Å²) in [4.78, 5) is 16.1. The summed E-state index contributed by atoms with van der Waals surface area (Å²) in [5.41, 5.74) is 0.157. The topological polar surface area (TPSA) is 51.2 Å². The number of ether oxygens (including phenoxy) is 1. The third-order valence-corrected chi connectivity index (χ3v) is 3.28. The van der Waals surface area contributed by atoms with Crippen LogP contribution in [0.2, 0.25) is 0 Å². The number of rotatable bonds is 0. The van der Waals surface area contributed by atoms with Gasteiger partial charge in [0.25, 0.3) is 0 Å². The van der Waals surface area contributed by atoms with E-state index in [0.29, 0.717) is 17.9 Å². The minimum Gasteiger partial charge on any atom is -0.483 e. The van der Waals surface area contributed by atoms with E-state index in [-0.39, 0.29) is 11.4 Å². The first kappa shape index (κ1) is 9.78. The molecule has 1 atom stereocenters. The minimum absolute atomic E-state index is 0.102. The van der Waals surface area contributed by atoms with Crippen molar-refractivity contribution < 1.29 is 9.53 Å². The first-order chi connectivity index (χ1) is 7.79. The van der Waals surface area contributed by atoms with Gasteiger partial charge in [-0.15, -0.1) is 0 Å². The molecule has 1 aromatic heterocycles. The molecule has 0 saturated carbocycles. The van der Waals surface area contributed by atoms with E-state index < -0.39 is 0 Å². The Balaban J connectivity index is 1.96. The summed E-state index contributed by atoms with van der Waals surface area (Å²) >= 11 is 0. The van der Waals surface area contributed by atoms with Crippen LogP contribution in [0, 0.1) is 0 Å². The highest BCUT2D eigenvalue weighted by Crippen LogP contribution is 2.35. The molecule has 16 heavy (non-hydrogen) atoms. The number of hydrogen-bond acceptors (Lipinski definition) is 4. The van der Waals surface area contributed by atoms with Gasteiger partial charge in [0.05, 0.1) is 6.42 Å². The molecule has 4 heteroatoms. The average molecular weight is 218 g/mol. The van der Waals surface area contributed by atoms with Crippen LogP contribution in [-0.4, -0.2) is 29.5 Å². The number of fused-ring (bicyclic) bond motifs is 1. The molecule has 2 aliphatic rings. The summed E-state index contributed by atoms with van der Waals surface area (Å²) in [7, 11) is 0. The number of pyridine rings is 1. The van der Waals surface area contributed by atoms with Crippen molar-refractivity contribution in [1.29, 1.82) is 0 Å². The zero-order valence-corrected chi connectivity index (χ0v) is 9.03. The number of nitrogens with one attached hydrogen (secondary N) is 1. The highest BCUT2D eigenvalue weighted by molar-refractivity contribution is 5.98. The van der Waals surface area contributed by atoms with Crippen LogP contribution in [0.5, 0.6) is 5.75 Å². The van der Waals surface area contributed by atoms with E-state index in [9.17, 15) is 4.79 Å². The van der Waals surface area contributed by atoms with Crippen molar-refractivity contribution in [2.75, 3.05) is 13.1 Å². The second-order valence-electron chi connectivity index (χ2n) is 4.52. The monoisotopic (exact) mass is 218 g/mol. The molecule has 1 N–H and O–H groups in total. The van der Waals surface area contributed by atoms with Crippen molar-refractivity contribution in [3.8, 4) is 5.75 Å². The molecule has 0 aliphatic carbocycles. The van der Waals surface area contributed by atoms with Gasteiger partial charge in [0, 0.05) is 12.7 Å². The largest absolute Gasteiger partial charge is 0.483 e. The van der Waals surface area contributed by atoms with E-state index in [0.717, 1.165) is 25.9 Å². The van der Waals surface area contributed by atoms with Crippen LogP contribution >= 0.6 is 0 Å². The van der Waals surface area contributed by atoms with Crippen LogP contribution in [-0.2, 0) is 0 Å². The van der Waals surface area contributed by atoms with Gasteiger partial charge in [-0.1, -0.05) is 0 Å². The Morgan fingerprint density at radius 1 is 1.50 bits per heavy atom. The second kappa shape index (κ2) is 3.56. The highest BCUT2D eigenvalue weighted by Gasteiger charge is 2.41. The summed E-state index contributed by atoms with van der Waals surface area (Å²) < 4.78 is 5.98. The highest BCUT2D eigenvalue weighted by atomic mass is 16.5. The maximum atomic E-state index is 12.0. The van der Waals surface area contributed by atoms with Crippen molar-refractivity contribution >= 4 is 5.78 Å². The zero-order chi connectivity index (χ0) is 11.0. The summed E-state index contributed by atoms with van der Waals surface area (Å²) in [5.74, 6) is 0.744. The third kappa shape index (κ3) is 1.50. The number of ketones is 1. The quantitative estimate of drug-likeness (QED) is 0.710. The molecule has 0 aromatic carbocycles. The van der Waals surface area contributed by atoms with Crippen molar-refractivity contribution in [1.82, 2.24) is 10.3 Å². The number of Topliss-reactive ketones (excluding diaryl/α,β-unsaturated/α-hetero) is 1. The lowest BCUT2D eigenvalue weighted by Crippen LogP contribution is -2.53. The van der Waals surface area contributed by atoms with E-state index in [1.165, 1.54) is 0 Å². The number of carbonyl (C=O) groups excluding carboxylic acids is 1. The van der Waals surface area contributed by atoms with Gasteiger partial charge in [0.15, 0.2) is 5.78 Å². The lowest BCUT2D eigenvalue weighted by atomic mass is 9.85. The Labute approximate surface area is 94.0 Å². The minimum atomic E-state index is -0.328. The Morgan fingerprint density at radius 3 is 3.25 bits per heavy atom. The van der Waals surface area contributed by atoms with Gasteiger partial charge in [0.2, 0.25) is 0 Å². The first-order valence-corrected chi connectivity index (χ1v) is 5.67. The summed E-state index contributed by atoms with van der Waals surface area (Å²) in [6.45, 7) is 1.77. The van der Waals surface area contributed by atoms with E-state index >= 15 is 0 Å². The number of aromatic nitrogens is 1. The molecule has 3 rings (SSSR count). The van der Waals surface area contributed by atoms with Crippen LogP contribution in [0.25, 0.3) is 0 Å². The summed E-state index contributed by atoms with van der Waals surface area (Å²) in [5, 5.41) is 3.30. The van der Waals surface area contributed by atoms with Crippen molar-refractivity contribution in [3.63, 3.8) is 0 Å². The first-order valence-electron chi connectivity index (χ1n) is 5.67. The van der Waals surface area contributed by atoms with Crippen LogP contribution in [0.15, 0.2) is 18.3 Å². The standard InChI is InChI=1S/C12H14N2O2/c15-9-7-12(4-2-5-13-8-12)16-10-3-1-6-14-11(9)10/h1,3,6,13H,2,4-5,7-8H2/t12-/m0/s1. The normalized spacial score (nSPS) is 28.6. The van der Waals surface area contributed by atoms with Crippen molar-refractivity contribution in [3.05, 3.63) is 24.0 Å². The fourth-order valence-corrected chi connectivity index (χ4v) is 2.51. The Kier molecular flexibility index (Phi) is 2.17. The molecule has 2 aliphatic heterocycles. The molecule has 0 bridgehead atoms. The van der Waals surface area contributed by atoms with Crippen LogP contribution in [0.4, 0.5) is 0 Å². The van der Waals surface area contributed by atoms with E-state index in [1.54, 1.807) is 12.3 Å². The van der Waals surface area contributed by atoms with Gasteiger partial charge < -0.3 is 10.1 Å². The van der Waals surface area contributed by atoms with Crippen molar-refractivity contribution in [2.45, 2.75) is 24.9 Å². The maximum absolute atomic E-state index is 12.0. The van der Waals surface area contributed by atoms with E-state index in [4.69, 9.17) is 4.74 Å². The second-order valence-corrected chi connectivity index (χ2v) is 4.52. The lowest BCUT2D eigenvalue weighted by Gasteiger charge is -2.40. The van der Waals surface area contributed by atoms with Gasteiger partial charge in [0.1, 0.15) is 17.0 Å². The Morgan fingerprint density at radius 2 is 2.44 bits per heavy atom. The van der Waals surface area contributed by atoms with Gasteiger partial charge in [-0.25, -0.2) is 4.98 Å². The fraction of sp³-hybridized carbons (Fsp3) is 0.500. The summed E-state index contributed by atoms with van der Waals surface area (Å²) in [6.07, 6.45) is 4.09. The molecule has 4 nitrogen and oxygen atoms in total. The molecule has 1 saturated heterocycles. The van der Waals surface area contributed by atoms with Gasteiger partial charge >= 0.3 is 0 Å². The molecule has 84 valence electrons. The SMILES string of the molecule is O=C1C[C@]2(CCCNC2)Oc2cccnc21. The molecular formula is C12H14N2O2. The van der Waals surface area contributed by atoms with Crippen molar-refractivity contribution in [2.24, 2.45) is 0 Å². The maximum Gasteiger partial charge on any atom is 0.189 e. The zero-order valence-electron chi connectivity index (χ0n) is 9.03. The van der Waals surface area contributed by atoms with Gasteiger partial charge in [-0.05, 0) is 31.5 Å². The van der Waals surface area contributed by atoms with Crippen LogP contribution in [0.3, 0.4) is 0 Å². The number of piperidine rings is 1. The van der Waals surface area contributed by atoms with E-state index in [2.05, 4.69) is 10.3 Å². The third-order valence-electron chi connectivity index (χ3n) is 3.28.